The molecule has 0 aliphatic rings. The van der Waals surface area contributed by atoms with Gasteiger partial charge in [0.15, 0.2) is 0 Å². The Kier molecular flexibility index (Phi) is 2.49. The number of benzene rings is 1. The van der Waals surface area contributed by atoms with Gasteiger partial charge in [-0.3, -0.25) is 0 Å². The second-order valence-corrected chi connectivity index (χ2v) is 4.09. The van der Waals surface area contributed by atoms with Crippen LogP contribution in [0, 0.1) is 0 Å². The fourth-order valence-corrected chi connectivity index (χ4v) is 2.26. The molecule has 1 aromatic heterocycles. The van der Waals surface area contributed by atoms with E-state index in [9.17, 15) is 0 Å². The molecule has 13 heavy (non-hydrogen) atoms. The van der Waals surface area contributed by atoms with E-state index >= 15 is 0 Å². The van der Waals surface area contributed by atoms with E-state index in [4.69, 9.17) is 11.6 Å². The molecule has 1 heterocycles. The van der Waals surface area contributed by atoms with Crippen molar-refractivity contribution in [3.63, 3.8) is 0 Å². The minimum absolute atomic E-state index is 0.769. The minimum atomic E-state index is 0.769. The van der Waals surface area contributed by atoms with Gasteiger partial charge in [0.25, 0.3) is 0 Å². The van der Waals surface area contributed by atoms with Crippen molar-refractivity contribution in [3.05, 3.63) is 28.1 Å². The topological polar surface area (TPSA) is 24.9 Å². The summed E-state index contributed by atoms with van der Waals surface area (Å²) in [7, 11) is 1.93. The fourth-order valence-electron chi connectivity index (χ4n) is 1.25. The van der Waals surface area contributed by atoms with Gasteiger partial charge in [0.05, 0.1) is 5.52 Å². The van der Waals surface area contributed by atoms with Crippen LogP contribution < -0.4 is 5.32 Å². The zero-order valence-corrected chi connectivity index (χ0v) is 8.75. The second-order valence-electron chi connectivity index (χ2n) is 2.80. The molecule has 0 unspecified atom stereocenters. The first-order valence-electron chi connectivity index (χ1n) is 3.99. The first-order valence-corrected chi connectivity index (χ1v) is 5.15. The molecule has 0 radical (unpaired) electrons. The normalized spacial score (nSPS) is 10.9. The van der Waals surface area contributed by atoms with Crippen LogP contribution in [-0.4, -0.2) is 11.4 Å². The van der Waals surface area contributed by atoms with Crippen molar-refractivity contribution in [2.24, 2.45) is 0 Å². The molecular formula is C9H9ClN2S. The molecule has 2 aromatic rings. The van der Waals surface area contributed by atoms with Gasteiger partial charge in [0.2, 0.25) is 0 Å². The molecule has 0 saturated carbocycles. The van der Waals surface area contributed by atoms with Crippen molar-refractivity contribution >= 4 is 34.0 Å². The highest BCUT2D eigenvalue weighted by Crippen LogP contribution is 2.25. The molecule has 2 nitrogen and oxygen atoms in total. The number of fused-ring (bicyclic) bond motifs is 1. The SMILES string of the molecule is CNCc1snc2ccc(Cl)cc12. The summed E-state index contributed by atoms with van der Waals surface area (Å²) in [6.45, 7) is 0.849. The summed E-state index contributed by atoms with van der Waals surface area (Å²) in [4.78, 5) is 1.24. The lowest BCUT2D eigenvalue weighted by Gasteiger charge is -1.95. The predicted molar refractivity (Wildman–Crippen MR) is 57.4 cm³/mol. The Morgan fingerprint density at radius 2 is 2.38 bits per heavy atom. The van der Waals surface area contributed by atoms with E-state index in [1.807, 2.05) is 25.2 Å². The minimum Gasteiger partial charge on any atom is -0.315 e. The smallest absolute Gasteiger partial charge is 0.0845 e. The maximum absolute atomic E-state index is 5.90. The van der Waals surface area contributed by atoms with E-state index in [-0.39, 0.29) is 0 Å². The van der Waals surface area contributed by atoms with E-state index in [0.29, 0.717) is 0 Å². The Balaban J connectivity index is 2.58. The molecule has 0 bridgehead atoms. The van der Waals surface area contributed by atoms with Gasteiger partial charge in [-0.2, -0.15) is 4.37 Å². The quantitative estimate of drug-likeness (QED) is 0.828. The molecule has 68 valence electrons. The summed E-state index contributed by atoms with van der Waals surface area (Å²) >= 11 is 7.43. The van der Waals surface area contributed by atoms with E-state index in [1.54, 1.807) is 0 Å². The number of hydrogen-bond donors (Lipinski definition) is 1. The summed E-state index contributed by atoms with van der Waals surface area (Å²) in [5.41, 5.74) is 1.03. The van der Waals surface area contributed by atoms with Crippen LogP contribution >= 0.6 is 23.1 Å². The van der Waals surface area contributed by atoms with Gasteiger partial charge >= 0.3 is 0 Å². The molecule has 1 aromatic carbocycles. The lowest BCUT2D eigenvalue weighted by molar-refractivity contribution is 0.836. The molecule has 0 aliphatic heterocycles. The largest absolute Gasteiger partial charge is 0.315 e. The molecule has 0 fully saturated rings. The molecule has 0 saturated heterocycles. The first kappa shape index (κ1) is 8.94. The van der Waals surface area contributed by atoms with Gasteiger partial charge in [-0.25, -0.2) is 0 Å². The zero-order chi connectivity index (χ0) is 9.26. The highest BCUT2D eigenvalue weighted by molar-refractivity contribution is 7.07. The highest BCUT2D eigenvalue weighted by Gasteiger charge is 2.04. The van der Waals surface area contributed by atoms with Crippen molar-refractivity contribution < 1.29 is 0 Å². The lowest BCUT2D eigenvalue weighted by atomic mass is 10.2. The average molecular weight is 213 g/mol. The first-order chi connectivity index (χ1) is 6.31. The van der Waals surface area contributed by atoms with Crippen molar-refractivity contribution in [3.8, 4) is 0 Å². The Morgan fingerprint density at radius 3 is 3.15 bits per heavy atom. The van der Waals surface area contributed by atoms with E-state index in [2.05, 4.69) is 9.69 Å². The van der Waals surface area contributed by atoms with E-state index in [1.165, 1.54) is 16.4 Å². The lowest BCUT2D eigenvalue weighted by Crippen LogP contribution is -2.03. The third-order valence-corrected chi connectivity index (χ3v) is 2.96. The summed E-state index contributed by atoms with van der Waals surface area (Å²) in [5, 5.41) is 5.04. The van der Waals surface area contributed by atoms with Crippen LogP contribution in [0.25, 0.3) is 10.9 Å². The zero-order valence-electron chi connectivity index (χ0n) is 7.17. The van der Waals surface area contributed by atoms with Crippen molar-refractivity contribution in [2.45, 2.75) is 6.54 Å². The number of halogens is 1. The summed E-state index contributed by atoms with van der Waals surface area (Å²) in [5.74, 6) is 0. The van der Waals surface area contributed by atoms with Crippen LogP contribution in [0.1, 0.15) is 4.88 Å². The number of hydrogen-bond acceptors (Lipinski definition) is 3. The van der Waals surface area contributed by atoms with Gasteiger partial charge in [0, 0.05) is 21.8 Å². The fraction of sp³-hybridized carbons (Fsp3) is 0.222. The monoisotopic (exact) mass is 212 g/mol. The van der Waals surface area contributed by atoms with E-state index < -0.39 is 0 Å². The molecule has 2 rings (SSSR count). The van der Waals surface area contributed by atoms with Crippen LogP contribution in [0.3, 0.4) is 0 Å². The third kappa shape index (κ3) is 1.68. The molecule has 0 atom stereocenters. The van der Waals surface area contributed by atoms with Crippen LogP contribution in [0.15, 0.2) is 18.2 Å². The Hall–Kier alpha value is -0.640. The number of nitrogens with zero attached hydrogens (tertiary/aromatic N) is 1. The molecule has 0 spiro atoms. The third-order valence-electron chi connectivity index (χ3n) is 1.85. The van der Waals surface area contributed by atoms with Crippen molar-refractivity contribution in [1.82, 2.24) is 9.69 Å². The van der Waals surface area contributed by atoms with Gasteiger partial charge < -0.3 is 5.32 Å². The van der Waals surface area contributed by atoms with Crippen molar-refractivity contribution in [2.75, 3.05) is 7.05 Å². The molecule has 4 heteroatoms. The maximum atomic E-state index is 5.90. The Morgan fingerprint density at radius 1 is 1.54 bits per heavy atom. The second kappa shape index (κ2) is 3.62. The van der Waals surface area contributed by atoms with Crippen molar-refractivity contribution in [1.29, 1.82) is 0 Å². The molecule has 1 N–H and O–H groups in total. The highest BCUT2D eigenvalue weighted by atomic mass is 35.5. The van der Waals surface area contributed by atoms with Crippen LogP contribution in [0.4, 0.5) is 0 Å². The maximum Gasteiger partial charge on any atom is 0.0845 e. The Bertz CT molecular complexity index is 424. The summed E-state index contributed by atoms with van der Waals surface area (Å²) in [6.07, 6.45) is 0. The number of rotatable bonds is 2. The summed E-state index contributed by atoms with van der Waals surface area (Å²) < 4.78 is 4.32. The van der Waals surface area contributed by atoms with Crippen LogP contribution in [-0.2, 0) is 6.54 Å². The van der Waals surface area contributed by atoms with Gasteiger partial charge in [0.1, 0.15) is 0 Å². The average Bonchev–Trinajstić information content (AvgIpc) is 2.49. The summed E-state index contributed by atoms with van der Waals surface area (Å²) in [6, 6.07) is 5.78. The van der Waals surface area contributed by atoms with Gasteiger partial charge in [-0.15, -0.1) is 0 Å². The van der Waals surface area contributed by atoms with Crippen LogP contribution in [0.2, 0.25) is 5.02 Å². The van der Waals surface area contributed by atoms with Gasteiger partial charge in [-0.05, 0) is 36.8 Å². The molecule has 0 aliphatic carbocycles. The predicted octanol–water partition coefficient (Wildman–Crippen LogP) is 2.67. The Labute approximate surface area is 85.7 Å². The van der Waals surface area contributed by atoms with E-state index in [0.717, 1.165) is 22.5 Å². The van der Waals surface area contributed by atoms with Crippen LogP contribution in [0.5, 0.6) is 0 Å². The van der Waals surface area contributed by atoms with Gasteiger partial charge in [-0.1, -0.05) is 11.6 Å². The standard InChI is InChI=1S/C9H9ClN2S/c1-11-5-9-7-4-6(10)2-3-8(7)12-13-9/h2-4,11H,5H2,1H3. The number of nitrogens with one attached hydrogen (secondary N) is 1. The molecular weight excluding hydrogens is 204 g/mol. The molecule has 0 amide bonds. The number of aromatic nitrogens is 1.